The monoisotopic (exact) mass is 236 g/mol. The van der Waals surface area contributed by atoms with Crippen molar-refractivity contribution >= 4 is 5.69 Å². The summed E-state index contributed by atoms with van der Waals surface area (Å²) in [7, 11) is 1.74. The van der Waals surface area contributed by atoms with E-state index in [9.17, 15) is 0 Å². The fourth-order valence-corrected chi connectivity index (χ4v) is 1.82. The number of nitrogens with one attached hydrogen (secondary N) is 1. The Hall–Kier alpha value is -1.06. The van der Waals surface area contributed by atoms with Crippen molar-refractivity contribution in [2.45, 2.75) is 38.8 Å². The second-order valence-electron chi connectivity index (χ2n) is 5.06. The Morgan fingerprint density at radius 1 is 1.35 bits per heavy atom. The highest BCUT2D eigenvalue weighted by molar-refractivity contribution is 5.51. The number of methoxy groups -OCH3 is 1. The second-order valence-corrected chi connectivity index (χ2v) is 5.06. The molecule has 3 nitrogen and oxygen atoms in total. The van der Waals surface area contributed by atoms with Gasteiger partial charge in [0.05, 0.1) is 5.60 Å². The number of ether oxygens (including phenoxy) is 1. The van der Waals surface area contributed by atoms with E-state index in [2.05, 4.69) is 38.2 Å². The van der Waals surface area contributed by atoms with Crippen LogP contribution in [0.25, 0.3) is 0 Å². The summed E-state index contributed by atoms with van der Waals surface area (Å²) in [6, 6.07) is 8.47. The molecule has 1 unspecified atom stereocenters. The van der Waals surface area contributed by atoms with Crippen LogP contribution in [-0.4, -0.2) is 25.3 Å². The van der Waals surface area contributed by atoms with Gasteiger partial charge in [0.2, 0.25) is 0 Å². The Labute approximate surface area is 104 Å². The summed E-state index contributed by atoms with van der Waals surface area (Å²) in [5, 5.41) is 3.48. The third-order valence-electron chi connectivity index (χ3n) is 3.08. The lowest BCUT2D eigenvalue weighted by Gasteiger charge is -2.29. The Balaban J connectivity index is 2.68. The van der Waals surface area contributed by atoms with Crippen molar-refractivity contribution in [3.05, 3.63) is 29.8 Å². The molecule has 0 amide bonds. The van der Waals surface area contributed by atoms with Crippen molar-refractivity contribution in [1.29, 1.82) is 0 Å². The van der Waals surface area contributed by atoms with Crippen LogP contribution in [0, 0.1) is 6.92 Å². The standard InChI is InChI=1S/C14H24N2O/c1-11-7-5-6-8-13(11)16-12(10-15)9-14(2,3)17-4/h5-8,12,16H,9-10,15H2,1-4H3. The summed E-state index contributed by atoms with van der Waals surface area (Å²) in [6.07, 6.45) is 0.883. The van der Waals surface area contributed by atoms with Crippen LogP contribution in [0.2, 0.25) is 0 Å². The predicted molar refractivity (Wildman–Crippen MR) is 73.3 cm³/mol. The molecule has 0 saturated heterocycles. The van der Waals surface area contributed by atoms with E-state index in [1.54, 1.807) is 7.11 Å². The van der Waals surface area contributed by atoms with Crippen LogP contribution < -0.4 is 11.1 Å². The molecule has 17 heavy (non-hydrogen) atoms. The summed E-state index contributed by atoms with van der Waals surface area (Å²) < 4.78 is 5.44. The first kappa shape index (κ1) is 14.0. The lowest BCUT2D eigenvalue weighted by molar-refractivity contribution is 0.0122. The third kappa shape index (κ3) is 4.36. The van der Waals surface area contributed by atoms with Crippen molar-refractivity contribution in [3.8, 4) is 0 Å². The topological polar surface area (TPSA) is 47.3 Å². The van der Waals surface area contributed by atoms with Gasteiger partial charge in [0.15, 0.2) is 0 Å². The van der Waals surface area contributed by atoms with Crippen LogP contribution in [0.3, 0.4) is 0 Å². The van der Waals surface area contributed by atoms with E-state index in [0.717, 1.165) is 12.1 Å². The number of hydrogen-bond acceptors (Lipinski definition) is 3. The van der Waals surface area contributed by atoms with Crippen LogP contribution >= 0.6 is 0 Å². The Bertz CT molecular complexity index is 350. The minimum Gasteiger partial charge on any atom is -0.381 e. The molecule has 0 heterocycles. The lowest BCUT2D eigenvalue weighted by atomic mass is 9.98. The van der Waals surface area contributed by atoms with Gasteiger partial charge in [-0.2, -0.15) is 0 Å². The zero-order chi connectivity index (χ0) is 12.9. The van der Waals surface area contributed by atoms with Gasteiger partial charge in [-0.25, -0.2) is 0 Å². The molecule has 0 aliphatic carbocycles. The molecule has 0 spiro atoms. The van der Waals surface area contributed by atoms with Crippen LogP contribution in [0.4, 0.5) is 5.69 Å². The number of para-hydroxylation sites is 1. The van der Waals surface area contributed by atoms with Gasteiger partial charge in [-0.15, -0.1) is 0 Å². The molecule has 0 fully saturated rings. The summed E-state index contributed by atoms with van der Waals surface area (Å²) in [4.78, 5) is 0. The largest absolute Gasteiger partial charge is 0.381 e. The van der Waals surface area contributed by atoms with Crippen LogP contribution in [0.5, 0.6) is 0 Å². The molecule has 1 aromatic rings. The van der Waals surface area contributed by atoms with Crippen LogP contribution in [-0.2, 0) is 4.74 Å². The molecule has 1 rings (SSSR count). The lowest BCUT2D eigenvalue weighted by Crippen LogP contribution is -2.37. The molecule has 0 radical (unpaired) electrons. The number of rotatable bonds is 6. The zero-order valence-corrected chi connectivity index (χ0v) is 11.3. The summed E-state index contributed by atoms with van der Waals surface area (Å²) in [5.74, 6) is 0. The minimum absolute atomic E-state index is 0.153. The molecular weight excluding hydrogens is 212 g/mol. The van der Waals surface area contributed by atoms with Gasteiger partial charge in [-0.1, -0.05) is 18.2 Å². The van der Waals surface area contributed by atoms with Crippen molar-refractivity contribution < 1.29 is 4.74 Å². The summed E-state index contributed by atoms with van der Waals surface area (Å²) >= 11 is 0. The van der Waals surface area contributed by atoms with Gasteiger partial charge < -0.3 is 15.8 Å². The molecule has 0 saturated carbocycles. The highest BCUT2D eigenvalue weighted by atomic mass is 16.5. The average Bonchev–Trinajstić information content (AvgIpc) is 2.31. The van der Waals surface area contributed by atoms with Crippen molar-refractivity contribution in [1.82, 2.24) is 0 Å². The fraction of sp³-hybridized carbons (Fsp3) is 0.571. The maximum Gasteiger partial charge on any atom is 0.0642 e. The maximum atomic E-state index is 5.81. The van der Waals surface area contributed by atoms with E-state index in [1.807, 2.05) is 12.1 Å². The first-order valence-electron chi connectivity index (χ1n) is 6.06. The van der Waals surface area contributed by atoms with Gasteiger partial charge >= 0.3 is 0 Å². The molecule has 0 aromatic heterocycles. The van der Waals surface area contributed by atoms with Gasteiger partial charge in [0.25, 0.3) is 0 Å². The SMILES string of the molecule is COC(C)(C)CC(CN)Nc1ccccc1C. The molecule has 3 heteroatoms. The van der Waals surface area contributed by atoms with Gasteiger partial charge in [0.1, 0.15) is 0 Å². The van der Waals surface area contributed by atoms with Crippen LogP contribution in [0.15, 0.2) is 24.3 Å². The first-order valence-corrected chi connectivity index (χ1v) is 6.06. The van der Waals surface area contributed by atoms with E-state index >= 15 is 0 Å². The summed E-state index contributed by atoms with van der Waals surface area (Å²) in [6.45, 7) is 6.85. The molecule has 1 atom stereocenters. The molecule has 0 aliphatic rings. The van der Waals surface area contributed by atoms with Gasteiger partial charge in [-0.05, 0) is 38.8 Å². The average molecular weight is 236 g/mol. The number of hydrogen-bond donors (Lipinski definition) is 2. The number of benzene rings is 1. The highest BCUT2D eigenvalue weighted by Crippen LogP contribution is 2.20. The van der Waals surface area contributed by atoms with Crippen LogP contribution in [0.1, 0.15) is 25.8 Å². The quantitative estimate of drug-likeness (QED) is 0.798. The van der Waals surface area contributed by atoms with E-state index in [1.165, 1.54) is 5.56 Å². The third-order valence-corrected chi connectivity index (χ3v) is 3.08. The molecule has 0 aliphatic heterocycles. The molecular formula is C14H24N2O. The van der Waals surface area contributed by atoms with Crippen molar-refractivity contribution in [2.75, 3.05) is 19.0 Å². The minimum atomic E-state index is -0.153. The molecule has 1 aromatic carbocycles. The summed E-state index contributed by atoms with van der Waals surface area (Å²) in [5.41, 5.74) is 8.05. The number of aryl methyl sites for hydroxylation is 1. The Kier molecular flexibility index (Phi) is 4.97. The highest BCUT2D eigenvalue weighted by Gasteiger charge is 2.22. The van der Waals surface area contributed by atoms with Gasteiger partial charge in [-0.3, -0.25) is 0 Å². The smallest absolute Gasteiger partial charge is 0.0642 e. The normalized spacial score (nSPS) is 13.5. The zero-order valence-electron chi connectivity index (χ0n) is 11.3. The van der Waals surface area contributed by atoms with E-state index < -0.39 is 0 Å². The van der Waals surface area contributed by atoms with Gasteiger partial charge in [0, 0.05) is 25.4 Å². The van der Waals surface area contributed by atoms with Crippen molar-refractivity contribution in [3.63, 3.8) is 0 Å². The maximum absolute atomic E-state index is 5.81. The second kappa shape index (κ2) is 6.03. The fourth-order valence-electron chi connectivity index (χ4n) is 1.82. The predicted octanol–water partition coefficient (Wildman–Crippen LogP) is 2.55. The number of nitrogens with two attached hydrogens (primary N) is 1. The molecule has 0 bridgehead atoms. The Morgan fingerprint density at radius 3 is 2.53 bits per heavy atom. The van der Waals surface area contributed by atoms with E-state index in [4.69, 9.17) is 10.5 Å². The van der Waals surface area contributed by atoms with E-state index in [-0.39, 0.29) is 11.6 Å². The number of anilines is 1. The Morgan fingerprint density at radius 2 is 2.00 bits per heavy atom. The van der Waals surface area contributed by atoms with Crippen molar-refractivity contribution in [2.24, 2.45) is 5.73 Å². The van der Waals surface area contributed by atoms with E-state index in [0.29, 0.717) is 6.54 Å². The molecule has 3 N–H and O–H groups in total. The molecule has 96 valence electrons. The first-order chi connectivity index (χ1) is 7.98.